The van der Waals surface area contributed by atoms with E-state index in [1.165, 1.54) is 10.9 Å². The number of benzene rings is 1. The normalized spacial score (nSPS) is 13.7. The Kier molecular flexibility index (Phi) is 4.17. The molecule has 1 aromatic heterocycles. The molecule has 0 aliphatic rings. The molecule has 0 saturated heterocycles. The summed E-state index contributed by atoms with van der Waals surface area (Å²) in [4.78, 5) is 4.42. The van der Waals surface area contributed by atoms with Crippen molar-refractivity contribution in [3.05, 3.63) is 42.1 Å². The van der Waals surface area contributed by atoms with Crippen molar-refractivity contribution in [3.8, 4) is 0 Å². The highest BCUT2D eigenvalue weighted by Gasteiger charge is 2.24. The third-order valence-electron chi connectivity index (χ3n) is 3.65. The molecule has 0 fully saturated rings. The molecule has 2 rings (SSSR count). The van der Waals surface area contributed by atoms with E-state index in [4.69, 9.17) is 4.74 Å². The van der Waals surface area contributed by atoms with Gasteiger partial charge in [-0.3, -0.25) is 4.98 Å². The molecule has 0 bridgehead atoms. The van der Waals surface area contributed by atoms with Crippen molar-refractivity contribution in [3.63, 3.8) is 0 Å². The van der Waals surface area contributed by atoms with Crippen LogP contribution in [-0.2, 0) is 4.74 Å². The zero-order valence-electron chi connectivity index (χ0n) is 12.1. The zero-order chi connectivity index (χ0) is 13.9. The lowest BCUT2D eigenvalue weighted by molar-refractivity contribution is 0.00756. The summed E-state index contributed by atoms with van der Waals surface area (Å²) in [5.74, 6) is 0. The summed E-state index contributed by atoms with van der Waals surface area (Å²) in [6.07, 6.45) is 2.74. The van der Waals surface area contributed by atoms with Gasteiger partial charge in [0.05, 0.1) is 11.1 Å². The number of hydrogen-bond donors (Lipinski definition) is 1. The largest absolute Gasteiger partial charge is 0.379 e. The molecule has 0 spiro atoms. The maximum Gasteiger partial charge on any atom is 0.0705 e. The summed E-state index contributed by atoms with van der Waals surface area (Å²) < 4.78 is 5.55. The molecule has 1 unspecified atom stereocenters. The number of methoxy groups -OCH3 is 1. The average molecular weight is 258 g/mol. The molecule has 0 saturated carbocycles. The van der Waals surface area contributed by atoms with Gasteiger partial charge in [-0.05, 0) is 45.0 Å². The fourth-order valence-corrected chi connectivity index (χ4v) is 2.37. The summed E-state index contributed by atoms with van der Waals surface area (Å²) in [6, 6.07) is 10.6. The lowest BCUT2D eigenvalue weighted by Crippen LogP contribution is -2.30. The summed E-state index contributed by atoms with van der Waals surface area (Å²) in [7, 11) is 3.75. The van der Waals surface area contributed by atoms with Crippen molar-refractivity contribution in [2.75, 3.05) is 14.2 Å². The Balaban J connectivity index is 2.41. The number of nitrogens with one attached hydrogen (secondary N) is 1. The highest BCUT2D eigenvalue weighted by Crippen LogP contribution is 2.29. The molecule has 1 heterocycles. The van der Waals surface area contributed by atoms with Crippen LogP contribution in [0.3, 0.4) is 0 Å². The molecule has 1 atom stereocenters. The number of hydrogen-bond acceptors (Lipinski definition) is 3. The van der Waals surface area contributed by atoms with Gasteiger partial charge in [0, 0.05) is 24.7 Å². The van der Waals surface area contributed by atoms with E-state index in [2.05, 4.69) is 42.3 Å². The third-order valence-corrected chi connectivity index (χ3v) is 3.65. The van der Waals surface area contributed by atoms with Gasteiger partial charge >= 0.3 is 0 Å². The van der Waals surface area contributed by atoms with E-state index in [0.717, 1.165) is 11.9 Å². The van der Waals surface area contributed by atoms with Crippen LogP contribution in [0.1, 0.15) is 31.9 Å². The predicted molar refractivity (Wildman–Crippen MR) is 79.2 cm³/mol. The monoisotopic (exact) mass is 258 g/mol. The van der Waals surface area contributed by atoms with Crippen molar-refractivity contribution in [1.29, 1.82) is 0 Å². The number of ether oxygens (including phenoxy) is 1. The van der Waals surface area contributed by atoms with Gasteiger partial charge in [-0.2, -0.15) is 0 Å². The van der Waals surface area contributed by atoms with Crippen LogP contribution in [0.4, 0.5) is 0 Å². The van der Waals surface area contributed by atoms with Crippen LogP contribution in [0.2, 0.25) is 0 Å². The second-order valence-electron chi connectivity index (χ2n) is 5.43. The Labute approximate surface area is 115 Å². The van der Waals surface area contributed by atoms with Gasteiger partial charge in [-0.1, -0.05) is 18.2 Å². The summed E-state index contributed by atoms with van der Waals surface area (Å²) in [5.41, 5.74) is 2.16. The van der Waals surface area contributed by atoms with Gasteiger partial charge in [-0.25, -0.2) is 0 Å². The van der Waals surface area contributed by atoms with Gasteiger partial charge in [-0.15, -0.1) is 0 Å². The van der Waals surface area contributed by atoms with Crippen LogP contribution < -0.4 is 5.32 Å². The molecule has 0 aliphatic carbocycles. The highest BCUT2D eigenvalue weighted by atomic mass is 16.5. The Hall–Kier alpha value is -1.45. The Morgan fingerprint density at radius 2 is 2.05 bits per heavy atom. The molecule has 0 amide bonds. The first-order valence-corrected chi connectivity index (χ1v) is 6.63. The molecule has 1 aromatic carbocycles. The molecule has 19 heavy (non-hydrogen) atoms. The van der Waals surface area contributed by atoms with Gasteiger partial charge < -0.3 is 10.1 Å². The van der Waals surface area contributed by atoms with Gasteiger partial charge in [0.25, 0.3) is 0 Å². The van der Waals surface area contributed by atoms with E-state index in [-0.39, 0.29) is 11.6 Å². The minimum atomic E-state index is -0.155. The van der Waals surface area contributed by atoms with Crippen LogP contribution >= 0.6 is 0 Å². The standard InChI is InChI=1S/C16H22N2O/c1-16(2,19-4)11-15(17-3)13-7-5-9-14-12(13)8-6-10-18-14/h5-10,15,17H,11H2,1-4H3. The second kappa shape index (κ2) is 5.68. The number of aromatic nitrogens is 1. The maximum absolute atomic E-state index is 5.55. The first kappa shape index (κ1) is 14.0. The van der Waals surface area contributed by atoms with Crippen LogP contribution in [0.5, 0.6) is 0 Å². The fourth-order valence-electron chi connectivity index (χ4n) is 2.37. The van der Waals surface area contributed by atoms with Crippen molar-refractivity contribution in [1.82, 2.24) is 10.3 Å². The van der Waals surface area contributed by atoms with Crippen LogP contribution in [0.25, 0.3) is 10.9 Å². The topological polar surface area (TPSA) is 34.1 Å². The molecule has 2 aromatic rings. The van der Waals surface area contributed by atoms with Crippen molar-refractivity contribution < 1.29 is 4.74 Å². The number of rotatable bonds is 5. The fraction of sp³-hybridized carbons (Fsp3) is 0.438. The number of pyridine rings is 1. The molecular weight excluding hydrogens is 236 g/mol. The van der Waals surface area contributed by atoms with Gasteiger partial charge in [0.1, 0.15) is 0 Å². The summed E-state index contributed by atoms with van der Waals surface area (Å²) in [5, 5.41) is 4.60. The second-order valence-corrected chi connectivity index (χ2v) is 5.43. The van der Waals surface area contributed by atoms with Crippen molar-refractivity contribution in [2.24, 2.45) is 0 Å². The summed E-state index contributed by atoms with van der Waals surface area (Å²) >= 11 is 0. The first-order valence-electron chi connectivity index (χ1n) is 6.63. The molecule has 1 N–H and O–H groups in total. The van der Waals surface area contributed by atoms with E-state index in [1.54, 1.807) is 7.11 Å². The third kappa shape index (κ3) is 3.11. The Morgan fingerprint density at radius 1 is 1.26 bits per heavy atom. The molecule has 102 valence electrons. The maximum atomic E-state index is 5.55. The Morgan fingerprint density at radius 3 is 2.74 bits per heavy atom. The first-order chi connectivity index (χ1) is 9.07. The molecular formula is C16H22N2O. The van der Waals surface area contributed by atoms with Crippen molar-refractivity contribution in [2.45, 2.75) is 31.9 Å². The smallest absolute Gasteiger partial charge is 0.0705 e. The lowest BCUT2D eigenvalue weighted by atomic mass is 9.91. The van der Waals surface area contributed by atoms with E-state index in [9.17, 15) is 0 Å². The van der Waals surface area contributed by atoms with Crippen LogP contribution in [0.15, 0.2) is 36.5 Å². The molecule has 3 nitrogen and oxygen atoms in total. The van der Waals surface area contributed by atoms with E-state index in [1.807, 2.05) is 25.4 Å². The van der Waals surface area contributed by atoms with E-state index >= 15 is 0 Å². The SMILES string of the molecule is CNC(CC(C)(C)OC)c1cccc2ncccc12. The van der Waals surface area contributed by atoms with Crippen LogP contribution in [-0.4, -0.2) is 24.7 Å². The Bertz CT molecular complexity index is 546. The molecule has 0 radical (unpaired) electrons. The predicted octanol–water partition coefficient (Wildman–Crippen LogP) is 3.31. The van der Waals surface area contributed by atoms with Gasteiger partial charge in [0.15, 0.2) is 0 Å². The highest BCUT2D eigenvalue weighted by molar-refractivity contribution is 5.82. The zero-order valence-corrected chi connectivity index (χ0v) is 12.1. The van der Waals surface area contributed by atoms with E-state index < -0.39 is 0 Å². The number of nitrogens with zero attached hydrogens (tertiary/aromatic N) is 1. The average Bonchev–Trinajstić information content (AvgIpc) is 2.44. The molecule has 3 heteroatoms. The quantitative estimate of drug-likeness (QED) is 0.893. The van der Waals surface area contributed by atoms with Gasteiger partial charge in [0.2, 0.25) is 0 Å². The minimum absolute atomic E-state index is 0.155. The van der Waals surface area contributed by atoms with Crippen LogP contribution in [0, 0.1) is 0 Å². The number of fused-ring (bicyclic) bond motifs is 1. The van der Waals surface area contributed by atoms with E-state index in [0.29, 0.717) is 0 Å². The van der Waals surface area contributed by atoms with Crippen molar-refractivity contribution >= 4 is 10.9 Å². The molecule has 0 aliphatic heterocycles. The lowest BCUT2D eigenvalue weighted by Gasteiger charge is -2.29. The summed E-state index contributed by atoms with van der Waals surface area (Å²) in [6.45, 7) is 4.22. The minimum Gasteiger partial charge on any atom is -0.379 e.